The van der Waals surface area contributed by atoms with Crippen LogP contribution in [0.15, 0.2) is 54.9 Å². The first kappa shape index (κ1) is 17.4. The van der Waals surface area contributed by atoms with Gasteiger partial charge >= 0.3 is 0 Å². The number of hydrogen-bond donors (Lipinski definition) is 2. The molecule has 0 aliphatic rings. The van der Waals surface area contributed by atoms with Gasteiger partial charge in [0, 0.05) is 16.8 Å². The highest BCUT2D eigenvalue weighted by Gasteiger charge is 2.12. The zero-order chi connectivity index (χ0) is 18.5. The summed E-state index contributed by atoms with van der Waals surface area (Å²) in [5.41, 5.74) is 2.78. The molecule has 1 heterocycles. The van der Waals surface area contributed by atoms with Crippen molar-refractivity contribution in [1.29, 1.82) is 5.26 Å². The van der Waals surface area contributed by atoms with Crippen LogP contribution in [-0.2, 0) is 0 Å². The maximum absolute atomic E-state index is 12.5. The monoisotopic (exact) mass is 363 g/mol. The molecule has 26 heavy (non-hydrogen) atoms. The average molecular weight is 364 g/mol. The van der Waals surface area contributed by atoms with Crippen molar-refractivity contribution in [3.8, 4) is 6.07 Å². The van der Waals surface area contributed by atoms with Crippen molar-refractivity contribution in [1.82, 2.24) is 9.97 Å². The maximum atomic E-state index is 12.5. The first-order valence-corrected chi connectivity index (χ1v) is 8.10. The van der Waals surface area contributed by atoms with Crippen LogP contribution in [0.5, 0.6) is 0 Å². The Balaban J connectivity index is 1.82. The Hall–Kier alpha value is -3.43. The number of benzene rings is 2. The smallest absolute Gasteiger partial charge is 0.274 e. The molecule has 3 aromatic rings. The van der Waals surface area contributed by atoms with Gasteiger partial charge in [-0.3, -0.25) is 4.79 Å². The molecule has 0 aliphatic heterocycles. The molecule has 7 heteroatoms. The maximum Gasteiger partial charge on any atom is 0.274 e. The van der Waals surface area contributed by atoms with E-state index in [0.29, 0.717) is 27.8 Å². The summed E-state index contributed by atoms with van der Waals surface area (Å²) in [5.74, 6) is 0.0325. The fourth-order valence-electron chi connectivity index (χ4n) is 2.29. The summed E-state index contributed by atoms with van der Waals surface area (Å²) in [4.78, 5) is 20.6. The molecule has 0 saturated carbocycles. The van der Waals surface area contributed by atoms with E-state index in [-0.39, 0.29) is 11.6 Å². The third-order valence-corrected chi connectivity index (χ3v) is 3.89. The normalized spacial score (nSPS) is 10.0. The van der Waals surface area contributed by atoms with Gasteiger partial charge in [-0.25, -0.2) is 9.97 Å². The van der Waals surface area contributed by atoms with Gasteiger partial charge < -0.3 is 10.6 Å². The molecule has 0 aliphatic carbocycles. The number of aromatic nitrogens is 2. The second-order valence-corrected chi connectivity index (χ2v) is 5.92. The van der Waals surface area contributed by atoms with E-state index in [1.807, 2.05) is 13.0 Å². The van der Waals surface area contributed by atoms with Gasteiger partial charge in [-0.2, -0.15) is 5.26 Å². The lowest BCUT2D eigenvalue weighted by Crippen LogP contribution is -2.15. The summed E-state index contributed by atoms with van der Waals surface area (Å²) in [6, 6.07) is 15.9. The predicted octanol–water partition coefficient (Wildman–Crippen LogP) is 4.31. The van der Waals surface area contributed by atoms with Crippen LogP contribution in [-0.4, -0.2) is 15.9 Å². The molecule has 2 aromatic carbocycles. The van der Waals surface area contributed by atoms with Crippen molar-refractivity contribution in [3.05, 3.63) is 76.7 Å². The molecule has 0 saturated heterocycles. The molecule has 1 amide bonds. The van der Waals surface area contributed by atoms with E-state index in [1.54, 1.807) is 36.4 Å². The van der Waals surface area contributed by atoms with Crippen LogP contribution in [0, 0.1) is 18.3 Å². The number of halogens is 1. The van der Waals surface area contributed by atoms with Crippen LogP contribution < -0.4 is 10.6 Å². The highest BCUT2D eigenvalue weighted by Crippen LogP contribution is 2.22. The summed E-state index contributed by atoms with van der Waals surface area (Å²) in [6.07, 6.45) is 1.29. The highest BCUT2D eigenvalue weighted by molar-refractivity contribution is 6.31. The standard InChI is InChI=1S/C19H14ClN5O/c1-12-6-7-14(20)8-16(12)25-19(26)17-9-18(23-11-22-17)24-15-5-3-2-4-13(15)10-21/h2-9,11H,1H3,(H,25,26)(H,22,23,24). The molecule has 2 N–H and O–H groups in total. The number of para-hydroxylation sites is 1. The molecule has 3 rings (SSSR count). The number of nitriles is 1. The number of aryl methyl sites for hydroxylation is 1. The van der Waals surface area contributed by atoms with E-state index >= 15 is 0 Å². The topological polar surface area (TPSA) is 90.7 Å². The Morgan fingerprint density at radius 3 is 2.73 bits per heavy atom. The van der Waals surface area contributed by atoms with Crippen molar-refractivity contribution in [3.63, 3.8) is 0 Å². The average Bonchev–Trinajstić information content (AvgIpc) is 2.65. The van der Waals surface area contributed by atoms with E-state index < -0.39 is 0 Å². The molecular weight excluding hydrogens is 350 g/mol. The molecule has 6 nitrogen and oxygen atoms in total. The van der Waals surface area contributed by atoms with Gasteiger partial charge in [0.1, 0.15) is 23.9 Å². The Labute approximate surface area is 155 Å². The quantitative estimate of drug-likeness (QED) is 0.720. The van der Waals surface area contributed by atoms with Crippen LogP contribution >= 0.6 is 11.6 Å². The molecule has 0 radical (unpaired) electrons. The predicted molar refractivity (Wildman–Crippen MR) is 101 cm³/mol. The van der Waals surface area contributed by atoms with E-state index in [1.165, 1.54) is 12.4 Å². The van der Waals surface area contributed by atoms with Crippen molar-refractivity contribution in [2.24, 2.45) is 0 Å². The van der Waals surface area contributed by atoms with E-state index in [4.69, 9.17) is 16.9 Å². The van der Waals surface area contributed by atoms with Crippen LogP contribution in [0.4, 0.5) is 17.2 Å². The summed E-state index contributed by atoms with van der Waals surface area (Å²) in [7, 11) is 0. The summed E-state index contributed by atoms with van der Waals surface area (Å²) >= 11 is 5.98. The van der Waals surface area contributed by atoms with E-state index in [0.717, 1.165) is 5.56 Å². The third-order valence-electron chi connectivity index (χ3n) is 3.66. The first-order valence-electron chi connectivity index (χ1n) is 7.72. The van der Waals surface area contributed by atoms with Gasteiger partial charge in [0.25, 0.3) is 5.91 Å². The van der Waals surface area contributed by atoms with Crippen LogP contribution in [0.3, 0.4) is 0 Å². The van der Waals surface area contributed by atoms with E-state index in [2.05, 4.69) is 26.7 Å². The zero-order valence-corrected chi connectivity index (χ0v) is 14.6. The number of carbonyl (C=O) groups is 1. The summed E-state index contributed by atoms with van der Waals surface area (Å²) in [6.45, 7) is 1.87. The summed E-state index contributed by atoms with van der Waals surface area (Å²) < 4.78 is 0. The second-order valence-electron chi connectivity index (χ2n) is 5.48. The van der Waals surface area contributed by atoms with Gasteiger partial charge in [0.2, 0.25) is 0 Å². The fraction of sp³-hybridized carbons (Fsp3) is 0.0526. The first-order chi connectivity index (χ1) is 12.6. The molecule has 0 atom stereocenters. The van der Waals surface area contributed by atoms with E-state index in [9.17, 15) is 4.79 Å². The number of nitrogens with zero attached hydrogens (tertiary/aromatic N) is 3. The Morgan fingerprint density at radius 1 is 1.12 bits per heavy atom. The number of amides is 1. The van der Waals surface area contributed by atoms with Crippen molar-refractivity contribution < 1.29 is 4.79 Å². The van der Waals surface area contributed by atoms with Crippen LogP contribution in [0.25, 0.3) is 0 Å². The van der Waals surface area contributed by atoms with Crippen molar-refractivity contribution >= 4 is 34.7 Å². The Morgan fingerprint density at radius 2 is 1.92 bits per heavy atom. The van der Waals surface area contributed by atoms with Gasteiger partial charge in [-0.15, -0.1) is 0 Å². The van der Waals surface area contributed by atoms with Crippen LogP contribution in [0.2, 0.25) is 5.02 Å². The number of anilines is 3. The number of rotatable bonds is 4. The van der Waals surface area contributed by atoms with Crippen molar-refractivity contribution in [2.45, 2.75) is 6.92 Å². The van der Waals surface area contributed by atoms with Crippen LogP contribution in [0.1, 0.15) is 21.6 Å². The summed E-state index contributed by atoms with van der Waals surface area (Å²) in [5, 5.41) is 15.5. The van der Waals surface area contributed by atoms with Gasteiger partial charge in [0.15, 0.2) is 0 Å². The minimum atomic E-state index is -0.380. The second kappa shape index (κ2) is 7.64. The molecular formula is C19H14ClN5O. The Kier molecular flexibility index (Phi) is 5.11. The SMILES string of the molecule is Cc1ccc(Cl)cc1NC(=O)c1cc(Nc2ccccc2C#N)ncn1. The largest absolute Gasteiger partial charge is 0.339 e. The fourth-order valence-corrected chi connectivity index (χ4v) is 2.46. The van der Waals surface area contributed by atoms with Gasteiger partial charge in [-0.1, -0.05) is 29.8 Å². The Bertz CT molecular complexity index is 1010. The number of nitrogens with one attached hydrogen (secondary N) is 2. The third kappa shape index (κ3) is 3.97. The minimum Gasteiger partial charge on any atom is -0.339 e. The molecule has 0 spiro atoms. The lowest BCUT2D eigenvalue weighted by Gasteiger charge is -2.10. The number of hydrogen-bond acceptors (Lipinski definition) is 5. The molecule has 128 valence electrons. The van der Waals surface area contributed by atoms with Gasteiger partial charge in [0.05, 0.1) is 11.3 Å². The lowest BCUT2D eigenvalue weighted by molar-refractivity contribution is 0.102. The molecule has 0 bridgehead atoms. The lowest BCUT2D eigenvalue weighted by atomic mass is 10.2. The minimum absolute atomic E-state index is 0.191. The molecule has 1 aromatic heterocycles. The molecule has 0 unspecified atom stereocenters. The number of carbonyl (C=O) groups excluding carboxylic acids is 1. The zero-order valence-electron chi connectivity index (χ0n) is 13.8. The van der Waals surface area contributed by atoms with Gasteiger partial charge in [-0.05, 0) is 36.8 Å². The molecule has 0 fully saturated rings. The highest BCUT2D eigenvalue weighted by atomic mass is 35.5. The van der Waals surface area contributed by atoms with Crippen molar-refractivity contribution in [2.75, 3.05) is 10.6 Å².